The topological polar surface area (TPSA) is 67.9 Å². The smallest absolute Gasteiger partial charge is 0.262 e. The maximum Gasteiger partial charge on any atom is 0.262 e. The van der Waals surface area contributed by atoms with Crippen molar-refractivity contribution in [3.63, 3.8) is 0 Å². The van der Waals surface area contributed by atoms with E-state index in [9.17, 15) is 9.59 Å². The van der Waals surface area contributed by atoms with Gasteiger partial charge in [-0.05, 0) is 30.7 Å². The third-order valence-corrected chi connectivity index (χ3v) is 3.95. The van der Waals surface area contributed by atoms with Gasteiger partial charge in [-0.3, -0.25) is 9.59 Å². The van der Waals surface area contributed by atoms with Gasteiger partial charge in [0.2, 0.25) is 5.91 Å². The summed E-state index contributed by atoms with van der Waals surface area (Å²) in [5, 5.41) is 2.76. The maximum absolute atomic E-state index is 12.1. The third kappa shape index (κ3) is 4.09. The van der Waals surface area contributed by atoms with E-state index in [0.717, 1.165) is 18.7 Å². The number of carbonyl (C=O) groups is 2. The molecule has 2 aromatic carbocycles. The third-order valence-electron chi connectivity index (χ3n) is 3.95. The summed E-state index contributed by atoms with van der Waals surface area (Å²) in [5.41, 5.74) is 1.39. The summed E-state index contributed by atoms with van der Waals surface area (Å²) in [5.74, 6) is 0.969. The summed E-state index contributed by atoms with van der Waals surface area (Å²) in [6.07, 6.45) is 1.44. The Morgan fingerprint density at radius 3 is 2.80 bits per heavy atom. The highest BCUT2D eigenvalue weighted by atomic mass is 16.5. The second kappa shape index (κ2) is 7.70. The van der Waals surface area contributed by atoms with Crippen molar-refractivity contribution < 1.29 is 19.1 Å². The number of hydrogen-bond donors (Lipinski definition) is 1. The summed E-state index contributed by atoms with van der Waals surface area (Å²) in [6.45, 7) is 0.589. The quantitative estimate of drug-likeness (QED) is 0.878. The van der Waals surface area contributed by atoms with Gasteiger partial charge in [0.1, 0.15) is 11.5 Å². The van der Waals surface area contributed by atoms with Crippen molar-refractivity contribution in [2.24, 2.45) is 0 Å². The minimum absolute atomic E-state index is 0.117. The second-order valence-corrected chi connectivity index (χ2v) is 5.68. The number of carbonyl (C=O) groups excluding carboxylic acids is 2. The van der Waals surface area contributed by atoms with E-state index in [1.165, 1.54) is 0 Å². The molecular weight excluding hydrogens is 320 g/mol. The molecule has 0 aromatic heterocycles. The Bertz CT molecular complexity index is 776. The largest absolute Gasteiger partial charge is 0.495 e. The zero-order chi connectivity index (χ0) is 17.6. The summed E-state index contributed by atoms with van der Waals surface area (Å²) in [4.78, 5) is 25.7. The van der Waals surface area contributed by atoms with Crippen molar-refractivity contribution in [2.45, 2.75) is 12.8 Å². The van der Waals surface area contributed by atoms with Crippen LogP contribution in [-0.4, -0.2) is 32.1 Å². The number of nitrogens with one attached hydrogen (secondary N) is 1. The Labute approximate surface area is 146 Å². The van der Waals surface area contributed by atoms with Crippen molar-refractivity contribution in [1.29, 1.82) is 0 Å². The molecule has 1 fully saturated rings. The Hall–Kier alpha value is -3.02. The predicted octanol–water partition coefficient (Wildman–Crippen LogP) is 2.84. The van der Waals surface area contributed by atoms with Crippen LogP contribution in [0.15, 0.2) is 48.5 Å². The molecule has 130 valence electrons. The van der Waals surface area contributed by atoms with E-state index < -0.39 is 0 Å². The molecule has 1 saturated heterocycles. The lowest BCUT2D eigenvalue weighted by Crippen LogP contribution is -2.24. The number of benzene rings is 2. The van der Waals surface area contributed by atoms with E-state index in [1.807, 2.05) is 24.3 Å². The molecule has 1 N–H and O–H groups in total. The summed E-state index contributed by atoms with van der Waals surface area (Å²) < 4.78 is 10.8. The lowest BCUT2D eigenvalue weighted by atomic mass is 10.2. The van der Waals surface area contributed by atoms with Crippen LogP contribution in [0.4, 0.5) is 11.4 Å². The van der Waals surface area contributed by atoms with E-state index in [4.69, 9.17) is 9.47 Å². The summed E-state index contributed by atoms with van der Waals surface area (Å²) in [6, 6.07) is 14.4. The lowest BCUT2D eigenvalue weighted by Gasteiger charge is -2.16. The first-order valence-corrected chi connectivity index (χ1v) is 8.13. The second-order valence-electron chi connectivity index (χ2n) is 5.68. The van der Waals surface area contributed by atoms with E-state index in [0.29, 0.717) is 23.6 Å². The Balaban J connectivity index is 1.60. The zero-order valence-electron chi connectivity index (χ0n) is 14.0. The molecule has 3 rings (SSSR count). The standard InChI is InChI=1S/C19H20N2O4/c1-24-17-9-3-2-8-16(17)20-18(22)13-25-15-7-4-6-14(12-15)21-11-5-10-19(21)23/h2-4,6-9,12H,5,10-11,13H2,1H3,(H,20,22). The van der Waals surface area contributed by atoms with E-state index in [-0.39, 0.29) is 18.4 Å². The van der Waals surface area contributed by atoms with Gasteiger partial charge in [0.25, 0.3) is 5.91 Å². The number of ether oxygens (including phenoxy) is 2. The lowest BCUT2D eigenvalue weighted by molar-refractivity contribution is -0.118. The minimum Gasteiger partial charge on any atom is -0.495 e. The fourth-order valence-electron chi connectivity index (χ4n) is 2.75. The van der Waals surface area contributed by atoms with E-state index >= 15 is 0 Å². The number of anilines is 2. The normalized spacial score (nSPS) is 13.6. The fourth-order valence-corrected chi connectivity index (χ4v) is 2.75. The average Bonchev–Trinajstić information content (AvgIpc) is 3.07. The molecule has 1 heterocycles. The van der Waals surface area contributed by atoms with Crippen LogP contribution < -0.4 is 19.7 Å². The first-order chi connectivity index (χ1) is 12.2. The van der Waals surface area contributed by atoms with Gasteiger partial charge in [-0.25, -0.2) is 0 Å². The van der Waals surface area contributed by atoms with Gasteiger partial charge in [0.15, 0.2) is 6.61 Å². The van der Waals surface area contributed by atoms with Crippen LogP contribution in [0, 0.1) is 0 Å². The molecule has 0 radical (unpaired) electrons. The molecule has 0 atom stereocenters. The SMILES string of the molecule is COc1ccccc1NC(=O)COc1cccc(N2CCCC2=O)c1. The van der Waals surface area contributed by atoms with Gasteiger partial charge in [-0.15, -0.1) is 0 Å². The number of methoxy groups -OCH3 is 1. The molecule has 0 bridgehead atoms. The van der Waals surface area contributed by atoms with E-state index in [2.05, 4.69) is 5.32 Å². The van der Waals surface area contributed by atoms with Crippen LogP contribution in [0.2, 0.25) is 0 Å². The number of hydrogen-bond acceptors (Lipinski definition) is 4. The molecule has 0 unspecified atom stereocenters. The van der Waals surface area contributed by atoms with Crippen LogP contribution in [-0.2, 0) is 9.59 Å². The molecule has 6 heteroatoms. The molecule has 0 aliphatic carbocycles. The number of nitrogens with zero attached hydrogens (tertiary/aromatic N) is 1. The Morgan fingerprint density at radius 2 is 2.04 bits per heavy atom. The summed E-state index contributed by atoms with van der Waals surface area (Å²) >= 11 is 0. The van der Waals surface area contributed by atoms with Crippen molar-refractivity contribution >= 4 is 23.2 Å². The Kier molecular flexibility index (Phi) is 5.18. The molecule has 2 amide bonds. The van der Waals surface area contributed by atoms with Gasteiger partial charge < -0.3 is 19.7 Å². The van der Waals surface area contributed by atoms with Crippen molar-refractivity contribution in [1.82, 2.24) is 0 Å². The van der Waals surface area contributed by atoms with Gasteiger partial charge in [-0.1, -0.05) is 18.2 Å². The van der Waals surface area contributed by atoms with Crippen LogP contribution in [0.1, 0.15) is 12.8 Å². The van der Waals surface area contributed by atoms with Crippen molar-refractivity contribution in [3.8, 4) is 11.5 Å². The molecule has 2 aromatic rings. The van der Waals surface area contributed by atoms with Gasteiger partial charge in [0.05, 0.1) is 12.8 Å². The molecule has 25 heavy (non-hydrogen) atoms. The molecule has 0 spiro atoms. The summed E-state index contributed by atoms with van der Waals surface area (Å²) in [7, 11) is 1.55. The highest BCUT2D eigenvalue weighted by Crippen LogP contribution is 2.26. The van der Waals surface area contributed by atoms with Crippen LogP contribution >= 0.6 is 0 Å². The number of amides is 2. The highest BCUT2D eigenvalue weighted by Gasteiger charge is 2.21. The molecule has 6 nitrogen and oxygen atoms in total. The van der Waals surface area contributed by atoms with Crippen LogP contribution in [0.3, 0.4) is 0 Å². The average molecular weight is 340 g/mol. The maximum atomic E-state index is 12.1. The van der Waals surface area contributed by atoms with E-state index in [1.54, 1.807) is 36.3 Å². The monoisotopic (exact) mass is 340 g/mol. The first-order valence-electron chi connectivity index (χ1n) is 8.13. The number of rotatable bonds is 6. The predicted molar refractivity (Wildman–Crippen MR) is 95.1 cm³/mol. The molecule has 1 aliphatic heterocycles. The number of para-hydroxylation sites is 2. The van der Waals surface area contributed by atoms with Crippen molar-refractivity contribution in [3.05, 3.63) is 48.5 Å². The van der Waals surface area contributed by atoms with Crippen LogP contribution in [0.5, 0.6) is 11.5 Å². The molecular formula is C19H20N2O4. The van der Waals surface area contributed by atoms with Gasteiger partial charge >= 0.3 is 0 Å². The Morgan fingerprint density at radius 1 is 1.20 bits per heavy atom. The van der Waals surface area contributed by atoms with Crippen LogP contribution in [0.25, 0.3) is 0 Å². The first kappa shape index (κ1) is 16.8. The minimum atomic E-state index is -0.285. The highest BCUT2D eigenvalue weighted by molar-refractivity contribution is 5.95. The molecule has 1 aliphatic rings. The molecule has 0 saturated carbocycles. The van der Waals surface area contributed by atoms with Gasteiger partial charge in [-0.2, -0.15) is 0 Å². The van der Waals surface area contributed by atoms with Crippen molar-refractivity contribution in [2.75, 3.05) is 30.5 Å². The van der Waals surface area contributed by atoms with Gasteiger partial charge in [0, 0.05) is 24.7 Å². The fraction of sp³-hybridized carbons (Fsp3) is 0.263. The zero-order valence-corrected chi connectivity index (χ0v) is 14.0.